The fourth-order valence-corrected chi connectivity index (χ4v) is 2.79. The molecule has 2 rings (SSSR count). The van der Waals surface area contributed by atoms with E-state index < -0.39 is 0 Å². The average molecular weight is 359 g/mol. The first-order valence-corrected chi connectivity index (χ1v) is 9.43. The van der Waals surface area contributed by atoms with Gasteiger partial charge in [0.05, 0.1) is 0 Å². The van der Waals surface area contributed by atoms with Crippen molar-refractivity contribution in [3.63, 3.8) is 0 Å². The van der Waals surface area contributed by atoms with Gasteiger partial charge in [-0.25, -0.2) is 0 Å². The Labute approximate surface area is 158 Å². The Morgan fingerprint density at radius 1 is 1.19 bits per heavy atom. The van der Waals surface area contributed by atoms with Gasteiger partial charge in [-0.15, -0.1) is 0 Å². The molecule has 0 atom stereocenters. The van der Waals surface area contributed by atoms with E-state index in [9.17, 15) is 9.59 Å². The predicted molar refractivity (Wildman–Crippen MR) is 109 cm³/mol. The van der Waals surface area contributed by atoms with Gasteiger partial charge < -0.3 is 4.74 Å². The average Bonchev–Trinajstić information content (AvgIpc) is 3.30. The molecule has 1 aliphatic rings. The fourth-order valence-electron chi connectivity index (χ4n) is 2.79. The highest BCUT2D eigenvalue weighted by atomic mass is 16.6. The third kappa shape index (κ3) is 7.15. The zero-order valence-electron chi connectivity index (χ0n) is 17.6. The van der Waals surface area contributed by atoms with Gasteiger partial charge in [-0.1, -0.05) is 32.1 Å². The summed E-state index contributed by atoms with van der Waals surface area (Å²) in [4.78, 5) is 21.7. The second kappa shape index (κ2) is 9.16. The van der Waals surface area contributed by atoms with Gasteiger partial charge in [0.1, 0.15) is 5.60 Å². The van der Waals surface area contributed by atoms with Crippen LogP contribution in [0.25, 0.3) is 6.08 Å². The van der Waals surface area contributed by atoms with Crippen molar-refractivity contribution in [2.24, 2.45) is 5.92 Å². The van der Waals surface area contributed by atoms with Crippen molar-refractivity contribution >= 4 is 18.3 Å². The highest BCUT2D eigenvalue weighted by Gasteiger charge is 2.27. The summed E-state index contributed by atoms with van der Waals surface area (Å²) in [5.74, 6) is 0.905. The first-order valence-electron chi connectivity index (χ1n) is 9.43. The summed E-state index contributed by atoms with van der Waals surface area (Å²) in [6.45, 7) is 15.5. The van der Waals surface area contributed by atoms with E-state index in [1.54, 1.807) is 0 Å². The van der Waals surface area contributed by atoms with Crippen LogP contribution in [0.1, 0.15) is 92.9 Å². The Balaban J connectivity index is 0.000000359. The molecule has 1 aromatic rings. The van der Waals surface area contributed by atoms with Crippen molar-refractivity contribution in [3.8, 4) is 0 Å². The number of aryl methyl sites for hydroxylation is 1. The lowest BCUT2D eigenvalue weighted by molar-refractivity contribution is -0.151. The van der Waals surface area contributed by atoms with Crippen molar-refractivity contribution in [1.29, 1.82) is 0 Å². The van der Waals surface area contributed by atoms with Crippen LogP contribution in [0.5, 0.6) is 0 Å². The molecule has 0 spiro atoms. The molecule has 0 heterocycles. The molecule has 1 saturated carbocycles. The van der Waals surface area contributed by atoms with Gasteiger partial charge in [0.2, 0.25) is 0 Å². The van der Waals surface area contributed by atoms with Gasteiger partial charge >= 0.3 is 5.97 Å². The minimum absolute atomic E-state index is 0.225. The van der Waals surface area contributed by atoms with Gasteiger partial charge in [0, 0.05) is 12.5 Å². The van der Waals surface area contributed by atoms with E-state index in [4.69, 9.17) is 4.74 Å². The number of rotatable bonds is 4. The highest BCUT2D eigenvalue weighted by Crippen LogP contribution is 2.43. The maximum atomic E-state index is 11.5. The quantitative estimate of drug-likeness (QED) is 0.489. The topological polar surface area (TPSA) is 43.4 Å². The molecule has 0 saturated heterocycles. The van der Waals surface area contributed by atoms with E-state index in [2.05, 4.69) is 45.9 Å². The van der Waals surface area contributed by atoms with Gasteiger partial charge in [0.15, 0.2) is 6.29 Å². The zero-order chi connectivity index (χ0) is 20.1. The molecule has 0 unspecified atom stereocenters. The number of aldehydes is 1. The first kappa shape index (κ1) is 22.1. The second-order valence-electron chi connectivity index (χ2n) is 8.44. The first-order chi connectivity index (χ1) is 12.0. The zero-order valence-corrected chi connectivity index (χ0v) is 17.6. The number of carbonyl (C=O) groups is 2. The molecule has 0 N–H and O–H groups in total. The van der Waals surface area contributed by atoms with Gasteiger partial charge in [-0.05, 0) is 81.5 Å². The van der Waals surface area contributed by atoms with Crippen LogP contribution in [0.2, 0.25) is 0 Å². The molecule has 0 aliphatic heterocycles. The number of allylic oxidation sites excluding steroid dienone is 1. The summed E-state index contributed by atoms with van der Waals surface area (Å²) >= 11 is 0. The summed E-state index contributed by atoms with van der Waals surface area (Å²) in [6.07, 6.45) is 7.81. The van der Waals surface area contributed by atoms with Crippen molar-refractivity contribution in [3.05, 3.63) is 40.0 Å². The molecule has 144 valence electrons. The molecule has 0 bridgehead atoms. The molecule has 0 radical (unpaired) electrons. The largest absolute Gasteiger partial charge is 0.460 e. The normalized spacial score (nSPS) is 14.2. The molecule has 3 nitrogen and oxygen atoms in total. The summed E-state index contributed by atoms with van der Waals surface area (Å²) < 4.78 is 4.80. The predicted octanol–water partition coefficient (Wildman–Crippen LogP) is 6.01. The number of esters is 1. The Bertz CT molecular complexity index is 672. The van der Waals surface area contributed by atoms with E-state index in [0.29, 0.717) is 11.8 Å². The SMILES string of the molecule is CC(=O)OC(C)(C)C.Cc1cc(C2CC2)c(C=O)c(/C=C\C(C)C)c1C. The lowest BCUT2D eigenvalue weighted by Gasteiger charge is -2.17. The van der Waals surface area contributed by atoms with E-state index in [1.807, 2.05) is 20.8 Å². The third-order valence-corrected chi connectivity index (χ3v) is 4.20. The summed E-state index contributed by atoms with van der Waals surface area (Å²) in [5.41, 5.74) is 5.50. The van der Waals surface area contributed by atoms with E-state index in [1.165, 1.54) is 36.5 Å². The smallest absolute Gasteiger partial charge is 0.303 e. The minimum Gasteiger partial charge on any atom is -0.460 e. The summed E-state index contributed by atoms with van der Waals surface area (Å²) in [6, 6.07) is 2.21. The fraction of sp³-hybridized carbons (Fsp3) is 0.565. The number of ether oxygens (including phenoxy) is 1. The van der Waals surface area contributed by atoms with Crippen molar-refractivity contribution in [1.82, 2.24) is 0 Å². The summed E-state index contributed by atoms with van der Waals surface area (Å²) in [5, 5.41) is 0. The van der Waals surface area contributed by atoms with E-state index in [0.717, 1.165) is 17.4 Å². The number of hydrogen-bond donors (Lipinski definition) is 0. The molecular weight excluding hydrogens is 324 g/mol. The van der Waals surface area contributed by atoms with Crippen LogP contribution in [0, 0.1) is 19.8 Å². The Kier molecular flexibility index (Phi) is 7.80. The van der Waals surface area contributed by atoms with Gasteiger partial charge in [0.25, 0.3) is 0 Å². The Hall–Kier alpha value is -1.90. The van der Waals surface area contributed by atoms with Crippen LogP contribution < -0.4 is 0 Å². The Morgan fingerprint density at radius 2 is 1.77 bits per heavy atom. The van der Waals surface area contributed by atoms with Crippen molar-refractivity contribution in [2.45, 2.75) is 79.8 Å². The van der Waals surface area contributed by atoms with Gasteiger partial charge in [-0.2, -0.15) is 0 Å². The molecule has 1 aromatic carbocycles. The Morgan fingerprint density at radius 3 is 2.12 bits per heavy atom. The second-order valence-corrected chi connectivity index (χ2v) is 8.44. The van der Waals surface area contributed by atoms with Crippen LogP contribution in [-0.4, -0.2) is 17.9 Å². The lowest BCUT2D eigenvalue weighted by atomic mass is 9.90. The van der Waals surface area contributed by atoms with E-state index >= 15 is 0 Å². The molecule has 1 fully saturated rings. The van der Waals surface area contributed by atoms with Crippen LogP contribution in [-0.2, 0) is 9.53 Å². The third-order valence-electron chi connectivity index (χ3n) is 4.20. The molecule has 26 heavy (non-hydrogen) atoms. The molecule has 0 aromatic heterocycles. The van der Waals surface area contributed by atoms with Gasteiger partial charge in [-0.3, -0.25) is 9.59 Å². The summed E-state index contributed by atoms with van der Waals surface area (Å²) in [7, 11) is 0. The molecule has 0 amide bonds. The maximum Gasteiger partial charge on any atom is 0.303 e. The standard InChI is InChI=1S/C17H22O.C6H12O2/c1-11(2)5-8-15-13(4)12(3)9-16(14-6-7-14)17(15)10-18;1-5(7)8-6(2,3)4/h5,8-11,14H,6-7H2,1-4H3;1-4H3/b8-5-;. The monoisotopic (exact) mass is 358 g/mol. The molecule has 3 heteroatoms. The van der Waals surface area contributed by atoms with Crippen molar-refractivity contribution in [2.75, 3.05) is 0 Å². The number of benzene rings is 1. The maximum absolute atomic E-state index is 11.5. The molecule has 1 aliphatic carbocycles. The van der Waals surface area contributed by atoms with Crippen LogP contribution >= 0.6 is 0 Å². The van der Waals surface area contributed by atoms with Crippen molar-refractivity contribution < 1.29 is 14.3 Å². The number of hydrogen-bond acceptors (Lipinski definition) is 3. The minimum atomic E-state index is -0.328. The highest BCUT2D eigenvalue weighted by molar-refractivity contribution is 5.86. The van der Waals surface area contributed by atoms with Crippen LogP contribution in [0.4, 0.5) is 0 Å². The van der Waals surface area contributed by atoms with Crippen LogP contribution in [0.3, 0.4) is 0 Å². The number of carbonyl (C=O) groups excluding carboxylic acids is 2. The molecular formula is C23H34O3. The van der Waals surface area contributed by atoms with E-state index in [-0.39, 0.29) is 11.6 Å². The lowest BCUT2D eigenvalue weighted by Crippen LogP contribution is -2.21. The van der Waals surface area contributed by atoms with Crippen LogP contribution in [0.15, 0.2) is 12.1 Å².